The van der Waals surface area contributed by atoms with Gasteiger partial charge in [0.05, 0.1) is 23.9 Å². The number of thiazole rings is 1. The van der Waals surface area contributed by atoms with Gasteiger partial charge in [0.25, 0.3) is 0 Å². The first-order valence-electron chi connectivity index (χ1n) is 7.15. The summed E-state index contributed by atoms with van der Waals surface area (Å²) < 4.78 is 11.0. The molecule has 1 heterocycles. The van der Waals surface area contributed by atoms with E-state index in [9.17, 15) is 4.79 Å². The Bertz CT molecular complexity index is 622. The number of aryl methyl sites for hydroxylation is 2. The maximum Gasteiger partial charge on any atom is 0.347 e. The molecule has 2 rings (SSSR count). The lowest BCUT2D eigenvalue weighted by Crippen LogP contribution is -1.99. The Morgan fingerprint density at radius 3 is 2.41 bits per heavy atom. The largest absolute Gasteiger partial charge is 0.494 e. The highest BCUT2D eigenvalue weighted by Gasteiger charge is 2.13. The van der Waals surface area contributed by atoms with Crippen molar-refractivity contribution >= 4 is 17.3 Å². The second-order valence-electron chi connectivity index (χ2n) is 4.68. The molecule has 118 valence electrons. The molecule has 0 aliphatic heterocycles. The lowest BCUT2D eigenvalue weighted by molar-refractivity contribution is 0.0701. The van der Waals surface area contributed by atoms with Crippen LogP contribution in [0.15, 0.2) is 24.3 Å². The van der Waals surface area contributed by atoms with Gasteiger partial charge in [-0.15, -0.1) is 11.3 Å². The van der Waals surface area contributed by atoms with Crippen LogP contribution >= 0.6 is 11.3 Å². The number of hydrogen-bond donors (Lipinski definition) is 1. The summed E-state index contributed by atoms with van der Waals surface area (Å²) >= 11 is 1.24. The predicted octanol–water partition coefficient (Wildman–Crippen LogP) is 3.56. The van der Waals surface area contributed by atoms with Crippen LogP contribution in [0.1, 0.15) is 33.7 Å². The maximum atomic E-state index is 11.0. The molecule has 6 heteroatoms. The summed E-state index contributed by atoms with van der Waals surface area (Å²) in [5.74, 6) is 0.714. The molecule has 5 nitrogen and oxygen atoms in total. The minimum absolute atomic E-state index is 0.322. The number of carboxylic acids is 1. The summed E-state index contributed by atoms with van der Waals surface area (Å²) in [7, 11) is 0. The molecular formula is C16H19NO4S. The first-order valence-corrected chi connectivity index (χ1v) is 7.97. The van der Waals surface area contributed by atoms with Gasteiger partial charge < -0.3 is 14.6 Å². The topological polar surface area (TPSA) is 68.7 Å². The molecule has 0 radical (unpaired) electrons. The molecule has 0 amide bonds. The lowest BCUT2D eigenvalue weighted by atomic mass is 10.3. The zero-order chi connectivity index (χ0) is 15.9. The van der Waals surface area contributed by atoms with E-state index in [2.05, 4.69) is 4.98 Å². The molecule has 2 aromatic rings. The molecule has 1 aromatic heterocycles. The zero-order valence-corrected chi connectivity index (χ0v) is 13.5. The highest BCUT2D eigenvalue weighted by Crippen LogP contribution is 2.20. The quantitative estimate of drug-likeness (QED) is 0.753. The number of ether oxygens (including phenoxy) is 2. The SMILES string of the molecule is CCOc1ccc(OCCCc2nc(C)c(C(=O)O)s2)cc1. The molecule has 0 bridgehead atoms. The van der Waals surface area contributed by atoms with Crippen LogP contribution in [0.4, 0.5) is 0 Å². The van der Waals surface area contributed by atoms with Crippen molar-refractivity contribution in [2.45, 2.75) is 26.7 Å². The zero-order valence-electron chi connectivity index (χ0n) is 12.7. The van der Waals surface area contributed by atoms with Crippen molar-refractivity contribution in [1.29, 1.82) is 0 Å². The Labute approximate surface area is 133 Å². The van der Waals surface area contributed by atoms with Crippen molar-refractivity contribution in [1.82, 2.24) is 4.98 Å². The van der Waals surface area contributed by atoms with Crippen LogP contribution in [0.3, 0.4) is 0 Å². The van der Waals surface area contributed by atoms with Gasteiger partial charge in [0.1, 0.15) is 16.4 Å². The number of aromatic carboxylic acids is 1. The molecule has 0 spiro atoms. The monoisotopic (exact) mass is 321 g/mol. The van der Waals surface area contributed by atoms with Gasteiger partial charge in [-0.1, -0.05) is 0 Å². The summed E-state index contributed by atoms with van der Waals surface area (Å²) in [6, 6.07) is 7.51. The van der Waals surface area contributed by atoms with Crippen LogP contribution in [0.2, 0.25) is 0 Å². The van der Waals surface area contributed by atoms with Gasteiger partial charge in [0, 0.05) is 6.42 Å². The molecule has 0 fully saturated rings. The van der Waals surface area contributed by atoms with E-state index in [-0.39, 0.29) is 0 Å². The third-order valence-corrected chi connectivity index (χ3v) is 4.18. The van der Waals surface area contributed by atoms with Gasteiger partial charge in [-0.3, -0.25) is 0 Å². The Morgan fingerprint density at radius 2 is 1.86 bits per heavy atom. The fraction of sp³-hybridized carbons (Fsp3) is 0.375. The number of benzene rings is 1. The van der Waals surface area contributed by atoms with Crippen LogP contribution < -0.4 is 9.47 Å². The molecule has 22 heavy (non-hydrogen) atoms. The Balaban J connectivity index is 1.77. The molecule has 1 aromatic carbocycles. The Kier molecular flexibility index (Phi) is 5.77. The molecule has 0 atom stereocenters. The lowest BCUT2D eigenvalue weighted by Gasteiger charge is -2.07. The molecule has 0 aliphatic carbocycles. The van der Waals surface area contributed by atoms with Gasteiger partial charge in [0.2, 0.25) is 0 Å². The highest BCUT2D eigenvalue weighted by molar-refractivity contribution is 7.13. The summed E-state index contributed by atoms with van der Waals surface area (Å²) in [4.78, 5) is 15.6. The van der Waals surface area contributed by atoms with Crippen LogP contribution in [0.5, 0.6) is 11.5 Å². The van der Waals surface area contributed by atoms with Crippen molar-refractivity contribution in [2.75, 3.05) is 13.2 Å². The highest BCUT2D eigenvalue weighted by atomic mass is 32.1. The first-order chi connectivity index (χ1) is 10.6. The van der Waals surface area contributed by atoms with Gasteiger partial charge in [-0.05, 0) is 44.5 Å². The number of carbonyl (C=O) groups is 1. The van der Waals surface area contributed by atoms with Gasteiger partial charge in [0.15, 0.2) is 0 Å². The second kappa shape index (κ2) is 7.79. The predicted molar refractivity (Wildman–Crippen MR) is 85.2 cm³/mol. The fourth-order valence-corrected chi connectivity index (χ4v) is 2.92. The first kappa shape index (κ1) is 16.3. The Hall–Kier alpha value is -2.08. The number of aromatic nitrogens is 1. The van der Waals surface area contributed by atoms with Crippen molar-refractivity contribution in [3.05, 3.63) is 39.8 Å². The van der Waals surface area contributed by atoms with Gasteiger partial charge in [-0.2, -0.15) is 0 Å². The number of carboxylic acid groups (broad SMARTS) is 1. The van der Waals surface area contributed by atoms with E-state index in [1.54, 1.807) is 6.92 Å². The maximum absolute atomic E-state index is 11.0. The summed E-state index contributed by atoms with van der Waals surface area (Å²) in [5.41, 5.74) is 0.583. The Morgan fingerprint density at radius 1 is 1.23 bits per heavy atom. The van der Waals surface area contributed by atoms with E-state index >= 15 is 0 Å². The van der Waals surface area contributed by atoms with E-state index in [1.165, 1.54) is 11.3 Å². The van der Waals surface area contributed by atoms with Gasteiger partial charge >= 0.3 is 5.97 Å². The molecular weight excluding hydrogens is 302 g/mol. The number of rotatable bonds is 8. The number of hydrogen-bond acceptors (Lipinski definition) is 5. The average Bonchev–Trinajstić information content (AvgIpc) is 2.87. The van der Waals surface area contributed by atoms with Crippen LogP contribution in [-0.2, 0) is 6.42 Å². The van der Waals surface area contributed by atoms with E-state index in [0.717, 1.165) is 29.3 Å². The van der Waals surface area contributed by atoms with E-state index in [4.69, 9.17) is 14.6 Å². The van der Waals surface area contributed by atoms with E-state index in [0.29, 0.717) is 23.8 Å². The second-order valence-corrected chi connectivity index (χ2v) is 5.77. The summed E-state index contributed by atoms with van der Waals surface area (Å²) in [6.45, 7) is 4.88. The van der Waals surface area contributed by atoms with Crippen molar-refractivity contribution < 1.29 is 19.4 Å². The normalized spacial score (nSPS) is 10.5. The van der Waals surface area contributed by atoms with E-state index < -0.39 is 5.97 Å². The third kappa shape index (κ3) is 4.46. The minimum atomic E-state index is -0.910. The fourth-order valence-electron chi connectivity index (χ4n) is 1.97. The third-order valence-electron chi connectivity index (χ3n) is 2.97. The standard InChI is InChI=1S/C16H19NO4S/c1-3-20-12-6-8-13(9-7-12)21-10-4-5-14-17-11(2)15(22-14)16(18)19/h6-9H,3-5,10H2,1-2H3,(H,18,19). The van der Waals surface area contributed by atoms with Crippen LogP contribution in [-0.4, -0.2) is 29.3 Å². The summed E-state index contributed by atoms with van der Waals surface area (Å²) in [6.07, 6.45) is 1.51. The van der Waals surface area contributed by atoms with Crippen molar-refractivity contribution in [2.24, 2.45) is 0 Å². The van der Waals surface area contributed by atoms with Crippen LogP contribution in [0.25, 0.3) is 0 Å². The number of nitrogens with zero attached hydrogens (tertiary/aromatic N) is 1. The van der Waals surface area contributed by atoms with Crippen molar-refractivity contribution in [3.63, 3.8) is 0 Å². The molecule has 1 N–H and O–H groups in total. The molecule has 0 saturated heterocycles. The molecule has 0 unspecified atom stereocenters. The minimum Gasteiger partial charge on any atom is -0.494 e. The molecule has 0 saturated carbocycles. The average molecular weight is 321 g/mol. The van der Waals surface area contributed by atoms with Gasteiger partial charge in [-0.25, -0.2) is 9.78 Å². The van der Waals surface area contributed by atoms with E-state index in [1.807, 2.05) is 31.2 Å². The smallest absolute Gasteiger partial charge is 0.347 e. The van der Waals surface area contributed by atoms with Crippen LogP contribution in [0, 0.1) is 6.92 Å². The molecule has 0 aliphatic rings. The van der Waals surface area contributed by atoms with Crippen molar-refractivity contribution in [3.8, 4) is 11.5 Å². The summed E-state index contributed by atoms with van der Waals surface area (Å²) in [5, 5.41) is 9.83.